The number of imidazole rings is 1. The summed E-state index contributed by atoms with van der Waals surface area (Å²) in [6.07, 6.45) is 7.27. The normalized spacial score (nSPS) is 10.7. The topological polar surface area (TPSA) is 68.5 Å². The van der Waals surface area contributed by atoms with Gasteiger partial charge in [0.2, 0.25) is 5.91 Å². The summed E-state index contributed by atoms with van der Waals surface area (Å²) in [5.74, 6) is -0.234. The van der Waals surface area contributed by atoms with Gasteiger partial charge < -0.3 is 4.40 Å². The Morgan fingerprint density at radius 1 is 1.29 bits per heavy atom. The highest BCUT2D eigenvalue weighted by atomic mass is 16.6. The molecule has 0 aliphatic rings. The Hall–Kier alpha value is -2.73. The zero-order valence-corrected chi connectivity index (χ0v) is 11.3. The Morgan fingerprint density at radius 2 is 2.24 bits per heavy atom. The molecule has 6 nitrogen and oxygen atoms in total. The lowest BCUT2D eigenvalue weighted by atomic mass is 10.3. The molecule has 1 amide bonds. The van der Waals surface area contributed by atoms with Gasteiger partial charge in [0.15, 0.2) is 0 Å². The van der Waals surface area contributed by atoms with Crippen LogP contribution in [0.5, 0.6) is 0 Å². The molecule has 0 bridgehead atoms. The Morgan fingerprint density at radius 3 is 3.05 bits per heavy atom. The molecule has 0 atom stereocenters. The van der Waals surface area contributed by atoms with Crippen LogP contribution in [0, 0.1) is 0 Å². The van der Waals surface area contributed by atoms with Crippen LogP contribution >= 0.6 is 0 Å². The maximum Gasteiger partial charge on any atom is 0.249 e. The van der Waals surface area contributed by atoms with Crippen LogP contribution in [-0.4, -0.2) is 20.3 Å². The number of hydrogen-bond acceptors (Lipinski definition) is 4. The predicted molar refractivity (Wildman–Crippen MR) is 76.1 cm³/mol. The van der Waals surface area contributed by atoms with E-state index in [2.05, 4.69) is 15.4 Å². The van der Waals surface area contributed by atoms with Gasteiger partial charge in [-0.15, -0.1) is 0 Å². The predicted octanol–water partition coefficient (Wildman–Crippen LogP) is 1.52. The fraction of sp³-hybridized carbons (Fsp3) is 0.133. The van der Waals surface area contributed by atoms with Gasteiger partial charge in [-0.2, -0.15) is 0 Å². The van der Waals surface area contributed by atoms with Gasteiger partial charge in [0.05, 0.1) is 12.1 Å². The van der Waals surface area contributed by atoms with Crippen molar-refractivity contribution in [2.24, 2.45) is 0 Å². The first-order chi connectivity index (χ1) is 10.3. The van der Waals surface area contributed by atoms with Gasteiger partial charge in [0, 0.05) is 24.8 Å². The number of pyridine rings is 2. The molecule has 3 heterocycles. The van der Waals surface area contributed by atoms with Crippen LogP contribution in [-0.2, 0) is 22.7 Å². The van der Waals surface area contributed by atoms with Gasteiger partial charge in [-0.1, -0.05) is 12.1 Å². The number of aromatic nitrogens is 3. The lowest BCUT2D eigenvalue weighted by molar-refractivity contribution is -0.133. The lowest BCUT2D eigenvalue weighted by Gasteiger charge is -2.04. The minimum atomic E-state index is -0.234. The molecule has 0 radical (unpaired) electrons. The SMILES string of the molecule is O=C(Cc1cn2ccccc2n1)NOCc1cccnc1. The molecular weight excluding hydrogens is 268 g/mol. The first-order valence-corrected chi connectivity index (χ1v) is 6.53. The summed E-state index contributed by atoms with van der Waals surface area (Å²) in [4.78, 5) is 25.3. The van der Waals surface area contributed by atoms with Crippen molar-refractivity contribution >= 4 is 11.6 Å². The van der Waals surface area contributed by atoms with Crippen LogP contribution in [0.3, 0.4) is 0 Å². The Kier molecular flexibility index (Phi) is 3.88. The lowest BCUT2D eigenvalue weighted by Crippen LogP contribution is -2.25. The zero-order valence-electron chi connectivity index (χ0n) is 11.3. The van der Waals surface area contributed by atoms with Gasteiger partial charge in [-0.25, -0.2) is 10.5 Å². The van der Waals surface area contributed by atoms with Gasteiger partial charge in [-0.3, -0.25) is 14.6 Å². The van der Waals surface area contributed by atoms with Crippen LogP contribution in [0.1, 0.15) is 11.3 Å². The summed E-state index contributed by atoms with van der Waals surface area (Å²) < 4.78 is 1.87. The number of carbonyl (C=O) groups is 1. The van der Waals surface area contributed by atoms with E-state index in [9.17, 15) is 4.79 Å². The van der Waals surface area contributed by atoms with E-state index in [1.165, 1.54) is 0 Å². The van der Waals surface area contributed by atoms with E-state index < -0.39 is 0 Å². The van der Waals surface area contributed by atoms with Crippen molar-refractivity contribution in [2.75, 3.05) is 0 Å². The number of nitrogens with zero attached hydrogens (tertiary/aromatic N) is 3. The molecule has 1 N–H and O–H groups in total. The summed E-state index contributed by atoms with van der Waals surface area (Å²) in [6, 6.07) is 9.40. The maximum absolute atomic E-state index is 11.8. The molecule has 6 heteroatoms. The largest absolute Gasteiger partial charge is 0.307 e. The second-order valence-corrected chi connectivity index (χ2v) is 4.55. The van der Waals surface area contributed by atoms with Crippen molar-refractivity contribution in [1.29, 1.82) is 0 Å². The minimum absolute atomic E-state index is 0.175. The van der Waals surface area contributed by atoms with E-state index in [4.69, 9.17) is 4.84 Å². The molecule has 0 aliphatic carbocycles. The molecule has 3 aromatic rings. The molecule has 106 valence electrons. The molecule has 0 saturated carbocycles. The van der Waals surface area contributed by atoms with E-state index in [-0.39, 0.29) is 18.9 Å². The third-order valence-corrected chi connectivity index (χ3v) is 2.90. The fourth-order valence-corrected chi connectivity index (χ4v) is 1.96. The van der Waals surface area contributed by atoms with Crippen LogP contribution < -0.4 is 5.48 Å². The molecule has 0 unspecified atom stereocenters. The molecule has 0 fully saturated rings. The molecule has 0 saturated heterocycles. The molecule has 0 aromatic carbocycles. The van der Waals surface area contributed by atoms with E-state index >= 15 is 0 Å². The highest BCUT2D eigenvalue weighted by Gasteiger charge is 2.07. The highest BCUT2D eigenvalue weighted by Crippen LogP contribution is 2.05. The maximum atomic E-state index is 11.8. The first kappa shape index (κ1) is 13.3. The smallest absolute Gasteiger partial charge is 0.249 e. The standard InChI is InChI=1S/C15H14N4O2/c20-15(18-21-11-12-4-3-6-16-9-12)8-13-10-19-7-2-1-5-14(19)17-13/h1-7,9-10H,8,11H2,(H,18,20). The number of hydroxylamine groups is 1. The summed E-state index contributed by atoms with van der Waals surface area (Å²) in [5, 5.41) is 0. The molecular formula is C15H14N4O2. The van der Waals surface area contributed by atoms with Gasteiger partial charge in [-0.05, 0) is 23.8 Å². The van der Waals surface area contributed by atoms with E-state index in [1.807, 2.05) is 47.1 Å². The number of hydrogen-bond donors (Lipinski definition) is 1. The molecule has 0 spiro atoms. The van der Waals surface area contributed by atoms with Gasteiger partial charge >= 0.3 is 0 Å². The number of carbonyl (C=O) groups excluding carboxylic acids is 1. The average molecular weight is 282 g/mol. The number of amides is 1. The summed E-state index contributed by atoms with van der Waals surface area (Å²) >= 11 is 0. The number of nitrogens with one attached hydrogen (secondary N) is 1. The Bertz CT molecular complexity index is 707. The second kappa shape index (κ2) is 6.15. The summed E-state index contributed by atoms with van der Waals surface area (Å²) in [6.45, 7) is 0.282. The number of fused-ring (bicyclic) bond motifs is 1. The van der Waals surface area contributed by atoms with Crippen molar-refractivity contribution in [3.05, 3.63) is 66.4 Å². The van der Waals surface area contributed by atoms with Gasteiger partial charge in [0.1, 0.15) is 12.3 Å². The van der Waals surface area contributed by atoms with Crippen LogP contribution in [0.4, 0.5) is 0 Å². The van der Waals surface area contributed by atoms with E-state index in [0.717, 1.165) is 11.2 Å². The van der Waals surface area contributed by atoms with Crippen molar-refractivity contribution < 1.29 is 9.63 Å². The van der Waals surface area contributed by atoms with E-state index in [0.29, 0.717) is 5.69 Å². The Balaban J connectivity index is 1.52. The molecule has 21 heavy (non-hydrogen) atoms. The highest BCUT2D eigenvalue weighted by molar-refractivity contribution is 5.77. The zero-order chi connectivity index (χ0) is 14.5. The minimum Gasteiger partial charge on any atom is -0.307 e. The van der Waals surface area contributed by atoms with Crippen LogP contribution in [0.15, 0.2) is 55.1 Å². The fourth-order valence-electron chi connectivity index (χ4n) is 1.96. The number of rotatable bonds is 5. The molecule has 3 rings (SSSR count). The van der Waals surface area contributed by atoms with Crippen molar-refractivity contribution in [3.63, 3.8) is 0 Å². The monoisotopic (exact) mass is 282 g/mol. The quantitative estimate of drug-likeness (QED) is 0.720. The van der Waals surface area contributed by atoms with Crippen LogP contribution in [0.25, 0.3) is 5.65 Å². The molecule has 3 aromatic heterocycles. The third kappa shape index (κ3) is 3.43. The van der Waals surface area contributed by atoms with E-state index in [1.54, 1.807) is 12.4 Å². The van der Waals surface area contributed by atoms with Crippen molar-refractivity contribution in [2.45, 2.75) is 13.0 Å². The summed E-state index contributed by atoms with van der Waals surface area (Å²) in [5.41, 5.74) is 4.82. The molecule has 0 aliphatic heterocycles. The van der Waals surface area contributed by atoms with Gasteiger partial charge in [0.25, 0.3) is 0 Å². The second-order valence-electron chi connectivity index (χ2n) is 4.55. The van der Waals surface area contributed by atoms with Crippen molar-refractivity contribution in [1.82, 2.24) is 19.8 Å². The first-order valence-electron chi connectivity index (χ1n) is 6.53. The average Bonchev–Trinajstić information content (AvgIpc) is 2.90. The summed E-state index contributed by atoms with van der Waals surface area (Å²) in [7, 11) is 0. The Labute approximate surface area is 121 Å². The van der Waals surface area contributed by atoms with Crippen molar-refractivity contribution in [3.8, 4) is 0 Å². The van der Waals surface area contributed by atoms with Crippen LogP contribution in [0.2, 0.25) is 0 Å². The third-order valence-electron chi connectivity index (χ3n) is 2.90.